The van der Waals surface area contributed by atoms with E-state index in [1.54, 1.807) is 11.3 Å². The number of hydrogen-bond acceptors (Lipinski definition) is 3. The molecule has 1 unspecified atom stereocenters. The topological polar surface area (TPSA) is 23.6 Å². The second kappa shape index (κ2) is 4.21. The highest BCUT2D eigenvalue weighted by atomic mass is 35.5. The van der Waals surface area contributed by atoms with E-state index >= 15 is 0 Å². The summed E-state index contributed by atoms with van der Waals surface area (Å²) in [4.78, 5) is 12.9. The number of nitrogens with zero attached hydrogens (tertiary/aromatic N) is 2. The van der Waals surface area contributed by atoms with E-state index in [1.165, 1.54) is 0 Å². The van der Waals surface area contributed by atoms with Gasteiger partial charge in [0, 0.05) is 19.1 Å². The van der Waals surface area contributed by atoms with Crippen molar-refractivity contribution in [2.24, 2.45) is 0 Å². The highest BCUT2D eigenvalue weighted by Crippen LogP contribution is 2.15. The highest BCUT2D eigenvalue weighted by Gasteiger charge is 2.24. The van der Waals surface area contributed by atoms with Crippen LogP contribution in [0.4, 0.5) is 0 Å². The first-order chi connectivity index (χ1) is 5.59. The molecule has 1 rings (SSSR count). The lowest BCUT2D eigenvalue weighted by molar-refractivity contribution is -0.118. The molecule has 0 aliphatic carbocycles. The molecule has 0 bridgehead atoms. The van der Waals surface area contributed by atoms with E-state index in [0.29, 0.717) is 12.6 Å². The molecular formula is C8H15ClN2O. The molecule has 0 N–H and O–H groups in total. The van der Waals surface area contributed by atoms with Crippen LogP contribution in [0, 0.1) is 0 Å². The SMILES string of the molecule is CC(=O)CN(C)C1CCN(Cl)C1. The van der Waals surface area contributed by atoms with Crippen LogP contribution >= 0.6 is 11.8 Å². The molecule has 1 aliphatic rings. The third-order valence-electron chi connectivity index (χ3n) is 2.21. The zero-order chi connectivity index (χ0) is 9.14. The molecule has 1 saturated heterocycles. The second-order valence-corrected chi connectivity index (χ2v) is 3.91. The first-order valence-corrected chi connectivity index (χ1v) is 4.54. The fraction of sp³-hybridized carbons (Fsp3) is 0.875. The summed E-state index contributed by atoms with van der Waals surface area (Å²) in [7, 11) is 1.97. The van der Waals surface area contributed by atoms with Gasteiger partial charge in [0.2, 0.25) is 0 Å². The van der Waals surface area contributed by atoms with Crippen molar-refractivity contribution < 1.29 is 4.79 Å². The highest BCUT2D eigenvalue weighted by molar-refractivity contribution is 6.13. The largest absolute Gasteiger partial charge is 0.299 e. The molecule has 0 amide bonds. The van der Waals surface area contributed by atoms with E-state index in [2.05, 4.69) is 4.90 Å². The van der Waals surface area contributed by atoms with Crippen molar-refractivity contribution in [1.29, 1.82) is 0 Å². The summed E-state index contributed by atoms with van der Waals surface area (Å²) < 4.78 is 1.78. The molecule has 0 aromatic rings. The minimum Gasteiger partial charge on any atom is -0.299 e. The summed E-state index contributed by atoms with van der Waals surface area (Å²) in [5.74, 6) is 0.213. The maximum Gasteiger partial charge on any atom is 0.143 e. The van der Waals surface area contributed by atoms with Gasteiger partial charge < -0.3 is 0 Å². The van der Waals surface area contributed by atoms with Crippen LogP contribution in [0.2, 0.25) is 0 Å². The summed E-state index contributed by atoms with van der Waals surface area (Å²) in [6.07, 6.45) is 1.06. The minimum atomic E-state index is 0.213. The molecule has 3 nitrogen and oxygen atoms in total. The molecule has 1 heterocycles. The summed E-state index contributed by atoms with van der Waals surface area (Å²) in [5.41, 5.74) is 0. The molecule has 70 valence electrons. The third-order valence-corrected chi connectivity index (χ3v) is 2.52. The fourth-order valence-electron chi connectivity index (χ4n) is 1.54. The van der Waals surface area contributed by atoms with E-state index in [-0.39, 0.29) is 5.78 Å². The number of halogens is 1. The van der Waals surface area contributed by atoms with Crippen molar-refractivity contribution in [2.45, 2.75) is 19.4 Å². The van der Waals surface area contributed by atoms with E-state index in [0.717, 1.165) is 19.5 Å². The Hall–Kier alpha value is -0.120. The zero-order valence-corrected chi connectivity index (χ0v) is 8.34. The smallest absolute Gasteiger partial charge is 0.143 e. The first kappa shape index (κ1) is 9.96. The van der Waals surface area contributed by atoms with Gasteiger partial charge in [-0.05, 0) is 32.2 Å². The molecule has 0 radical (unpaired) electrons. The first-order valence-electron chi connectivity index (χ1n) is 4.20. The number of ketones is 1. The van der Waals surface area contributed by atoms with Crippen LogP contribution in [0.15, 0.2) is 0 Å². The minimum absolute atomic E-state index is 0.213. The maximum atomic E-state index is 10.8. The second-order valence-electron chi connectivity index (χ2n) is 3.43. The number of likely N-dealkylation sites (N-methyl/N-ethyl adjacent to an activating group) is 1. The van der Waals surface area contributed by atoms with Crippen LogP contribution < -0.4 is 0 Å². The number of rotatable bonds is 3. The van der Waals surface area contributed by atoms with E-state index in [1.807, 2.05) is 7.05 Å². The maximum absolute atomic E-state index is 10.8. The van der Waals surface area contributed by atoms with Crippen molar-refractivity contribution in [3.05, 3.63) is 0 Å². The van der Waals surface area contributed by atoms with Gasteiger partial charge in [-0.25, -0.2) is 4.42 Å². The molecule has 0 saturated carbocycles. The Bertz CT molecular complexity index is 174. The molecule has 0 spiro atoms. The number of carbonyl (C=O) groups excluding carboxylic acids is 1. The van der Waals surface area contributed by atoms with Gasteiger partial charge in [0.1, 0.15) is 5.78 Å². The van der Waals surface area contributed by atoms with E-state index in [9.17, 15) is 4.79 Å². The molecule has 0 aromatic heterocycles. The predicted molar refractivity (Wildman–Crippen MR) is 49.1 cm³/mol. The molecule has 1 fully saturated rings. The summed E-state index contributed by atoms with van der Waals surface area (Å²) in [6.45, 7) is 3.94. The standard InChI is InChI=1S/C8H15ClN2O/c1-7(12)5-10(2)8-3-4-11(9)6-8/h8H,3-6H2,1-2H3. The van der Waals surface area contributed by atoms with Crippen molar-refractivity contribution in [1.82, 2.24) is 9.32 Å². The molecule has 1 aliphatic heterocycles. The van der Waals surface area contributed by atoms with Gasteiger partial charge >= 0.3 is 0 Å². The van der Waals surface area contributed by atoms with Gasteiger partial charge in [-0.15, -0.1) is 0 Å². The monoisotopic (exact) mass is 190 g/mol. The Morgan fingerprint density at radius 1 is 1.75 bits per heavy atom. The Kier molecular flexibility index (Phi) is 3.50. The lowest BCUT2D eigenvalue weighted by atomic mass is 10.2. The summed E-state index contributed by atoms with van der Waals surface area (Å²) >= 11 is 5.81. The van der Waals surface area contributed by atoms with Crippen molar-refractivity contribution in [3.8, 4) is 0 Å². The Labute approximate surface area is 78.4 Å². The van der Waals surface area contributed by atoms with Crippen LogP contribution in [0.25, 0.3) is 0 Å². The molecule has 12 heavy (non-hydrogen) atoms. The number of carbonyl (C=O) groups is 1. The van der Waals surface area contributed by atoms with E-state index in [4.69, 9.17) is 11.8 Å². The molecule has 1 atom stereocenters. The average Bonchev–Trinajstić information content (AvgIpc) is 2.34. The van der Waals surface area contributed by atoms with Gasteiger partial charge in [0.05, 0.1) is 6.54 Å². The van der Waals surface area contributed by atoms with Crippen molar-refractivity contribution >= 4 is 17.6 Å². The van der Waals surface area contributed by atoms with Crippen LogP contribution in [0.5, 0.6) is 0 Å². The van der Waals surface area contributed by atoms with Gasteiger partial charge in [0.15, 0.2) is 0 Å². The van der Waals surface area contributed by atoms with Crippen molar-refractivity contribution in [2.75, 3.05) is 26.7 Å². The van der Waals surface area contributed by atoms with Crippen LogP contribution in [0.3, 0.4) is 0 Å². The zero-order valence-electron chi connectivity index (χ0n) is 7.59. The molecule has 4 heteroatoms. The number of Topliss-reactive ketones (excluding diaryl/α,β-unsaturated/α-hetero) is 1. The van der Waals surface area contributed by atoms with Crippen molar-refractivity contribution in [3.63, 3.8) is 0 Å². The molecule has 0 aromatic carbocycles. The average molecular weight is 191 g/mol. The van der Waals surface area contributed by atoms with Gasteiger partial charge in [-0.2, -0.15) is 0 Å². The Morgan fingerprint density at radius 3 is 2.83 bits per heavy atom. The van der Waals surface area contributed by atoms with Gasteiger partial charge in [-0.3, -0.25) is 9.69 Å². The Morgan fingerprint density at radius 2 is 2.42 bits per heavy atom. The van der Waals surface area contributed by atoms with Gasteiger partial charge in [-0.1, -0.05) is 0 Å². The summed E-state index contributed by atoms with van der Waals surface area (Å²) in [5, 5.41) is 0. The van der Waals surface area contributed by atoms with Crippen LogP contribution in [0.1, 0.15) is 13.3 Å². The Balaban J connectivity index is 2.32. The lowest BCUT2D eigenvalue weighted by Gasteiger charge is -2.21. The van der Waals surface area contributed by atoms with Crippen LogP contribution in [-0.4, -0.2) is 47.8 Å². The van der Waals surface area contributed by atoms with Gasteiger partial charge in [0.25, 0.3) is 0 Å². The number of hydrogen-bond donors (Lipinski definition) is 0. The van der Waals surface area contributed by atoms with E-state index < -0.39 is 0 Å². The van der Waals surface area contributed by atoms with Crippen LogP contribution in [-0.2, 0) is 4.79 Å². The lowest BCUT2D eigenvalue weighted by Crippen LogP contribution is -2.36. The third kappa shape index (κ3) is 2.73. The fourth-order valence-corrected chi connectivity index (χ4v) is 1.80. The summed E-state index contributed by atoms with van der Waals surface area (Å²) in [6, 6.07) is 0.450. The quantitative estimate of drug-likeness (QED) is 0.614. The predicted octanol–water partition coefficient (Wildman–Crippen LogP) is 0.735. The normalized spacial score (nSPS) is 25.2. The molecular weight excluding hydrogens is 176 g/mol.